The highest BCUT2D eigenvalue weighted by atomic mass is 32.2. The van der Waals surface area contributed by atoms with E-state index in [0.29, 0.717) is 11.4 Å². The Bertz CT molecular complexity index is 773. The van der Waals surface area contributed by atoms with Crippen LogP contribution >= 0.6 is 11.3 Å². The van der Waals surface area contributed by atoms with E-state index in [0.717, 1.165) is 35.6 Å². The molecule has 0 bridgehead atoms. The maximum absolute atomic E-state index is 12.6. The van der Waals surface area contributed by atoms with Gasteiger partial charge in [-0.2, -0.15) is 0 Å². The monoisotopic (exact) mass is 351 g/mol. The first-order valence-corrected chi connectivity index (χ1v) is 10.1. The van der Waals surface area contributed by atoms with E-state index >= 15 is 0 Å². The first-order valence-electron chi connectivity index (χ1n) is 7.70. The predicted molar refractivity (Wildman–Crippen MR) is 93.6 cm³/mol. The maximum Gasteiger partial charge on any atom is 0.240 e. The highest BCUT2D eigenvalue weighted by molar-refractivity contribution is 7.89. The molecule has 1 atom stereocenters. The number of hydrogen-bond donors (Lipinski definition) is 1. The van der Waals surface area contributed by atoms with Crippen LogP contribution in [0.25, 0.3) is 0 Å². The highest BCUT2D eigenvalue weighted by Crippen LogP contribution is 2.27. The number of nitrogens with zero attached hydrogens (tertiary/aromatic N) is 2. The normalized spacial score (nSPS) is 18.5. The van der Waals surface area contributed by atoms with Crippen molar-refractivity contribution >= 4 is 26.5 Å². The lowest BCUT2D eigenvalue weighted by Gasteiger charge is -2.24. The molecule has 0 aliphatic carbocycles. The van der Waals surface area contributed by atoms with E-state index in [4.69, 9.17) is 0 Å². The molecule has 1 aliphatic rings. The Morgan fingerprint density at radius 2 is 2.22 bits per heavy atom. The summed E-state index contributed by atoms with van der Waals surface area (Å²) >= 11 is 1.60. The highest BCUT2D eigenvalue weighted by Gasteiger charge is 2.28. The van der Waals surface area contributed by atoms with Crippen molar-refractivity contribution in [3.8, 4) is 0 Å². The Labute approximate surface area is 141 Å². The second-order valence-electron chi connectivity index (χ2n) is 5.92. The van der Waals surface area contributed by atoms with Crippen LogP contribution in [0.5, 0.6) is 0 Å². The number of sulfonamides is 1. The molecule has 5 nitrogen and oxygen atoms in total. The maximum atomic E-state index is 12.6. The number of aromatic nitrogens is 1. The molecule has 0 saturated carbocycles. The molecule has 23 heavy (non-hydrogen) atoms. The van der Waals surface area contributed by atoms with Crippen LogP contribution in [0.3, 0.4) is 0 Å². The molecule has 1 saturated heterocycles. The van der Waals surface area contributed by atoms with Gasteiger partial charge in [0, 0.05) is 30.7 Å². The lowest BCUT2D eigenvalue weighted by molar-refractivity contribution is 0.566. The van der Waals surface area contributed by atoms with Crippen molar-refractivity contribution in [3.63, 3.8) is 0 Å². The molecule has 1 aliphatic heterocycles. The zero-order valence-electron chi connectivity index (χ0n) is 13.3. The average Bonchev–Trinajstić information content (AvgIpc) is 3.15. The van der Waals surface area contributed by atoms with Gasteiger partial charge >= 0.3 is 0 Å². The minimum atomic E-state index is -3.48. The lowest BCUT2D eigenvalue weighted by atomic mass is 10.2. The Balaban J connectivity index is 1.71. The van der Waals surface area contributed by atoms with Gasteiger partial charge in [0.15, 0.2) is 5.13 Å². The van der Waals surface area contributed by atoms with Gasteiger partial charge < -0.3 is 4.90 Å². The van der Waals surface area contributed by atoms with Crippen molar-refractivity contribution in [3.05, 3.63) is 40.9 Å². The smallest absolute Gasteiger partial charge is 0.240 e. The summed E-state index contributed by atoms with van der Waals surface area (Å²) < 4.78 is 27.9. The summed E-state index contributed by atoms with van der Waals surface area (Å²) in [5.41, 5.74) is 1.84. The van der Waals surface area contributed by atoms with Gasteiger partial charge in [0.05, 0.1) is 4.90 Å². The van der Waals surface area contributed by atoms with Crippen LogP contribution in [0.2, 0.25) is 0 Å². The molecule has 1 unspecified atom stereocenters. The van der Waals surface area contributed by atoms with E-state index in [9.17, 15) is 8.42 Å². The molecular weight excluding hydrogens is 330 g/mol. The SMILES string of the molecule is Cc1ccc(S(=O)(=O)NCC2CCCN2c2nccs2)c(C)c1. The minimum Gasteiger partial charge on any atom is -0.344 e. The summed E-state index contributed by atoms with van der Waals surface area (Å²) in [6.45, 7) is 5.14. The first-order chi connectivity index (χ1) is 11.0. The van der Waals surface area contributed by atoms with Crippen LogP contribution < -0.4 is 9.62 Å². The van der Waals surface area contributed by atoms with Crippen molar-refractivity contribution in [2.75, 3.05) is 18.0 Å². The topological polar surface area (TPSA) is 62.3 Å². The molecule has 0 radical (unpaired) electrons. The molecule has 0 spiro atoms. The number of aryl methyl sites for hydroxylation is 2. The van der Waals surface area contributed by atoms with Crippen molar-refractivity contribution in [1.82, 2.24) is 9.71 Å². The number of nitrogens with one attached hydrogen (secondary N) is 1. The van der Waals surface area contributed by atoms with Crippen LogP contribution in [-0.2, 0) is 10.0 Å². The Kier molecular flexibility index (Phi) is 4.70. The molecule has 1 aromatic carbocycles. The number of benzene rings is 1. The first kappa shape index (κ1) is 16.4. The fraction of sp³-hybridized carbons (Fsp3) is 0.438. The van der Waals surface area contributed by atoms with Crippen LogP contribution in [-0.4, -0.2) is 32.5 Å². The van der Waals surface area contributed by atoms with Crippen molar-refractivity contribution in [2.45, 2.75) is 37.6 Å². The van der Waals surface area contributed by atoms with Crippen LogP contribution in [0.1, 0.15) is 24.0 Å². The van der Waals surface area contributed by atoms with Gasteiger partial charge in [-0.1, -0.05) is 17.7 Å². The Morgan fingerprint density at radius 3 is 2.91 bits per heavy atom. The van der Waals surface area contributed by atoms with E-state index < -0.39 is 10.0 Å². The van der Waals surface area contributed by atoms with Crippen LogP contribution in [0, 0.1) is 13.8 Å². The Hall–Kier alpha value is -1.44. The van der Waals surface area contributed by atoms with Gasteiger partial charge in [0.1, 0.15) is 0 Å². The second-order valence-corrected chi connectivity index (χ2v) is 8.53. The van der Waals surface area contributed by atoms with Crippen LogP contribution in [0.4, 0.5) is 5.13 Å². The van der Waals surface area contributed by atoms with Crippen molar-refractivity contribution in [2.24, 2.45) is 0 Å². The zero-order chi connectivity index (χ0) is 16.4. The number of thiazole rings is 1. The molecule has 2 heterocycles. The van der Waals surface area contributed by atoms with Crippen molar-refractivity contribution in [1.29, 1.82) is 0 Å². The molecule has 7 heteroatoms. The summed E-state index contributed by atoms with van der Waals surface area (Å²) in [6.07, 6.45) is 3.83. The Morgan fingerprint density at radius 1 is 1.39 bits per heavy atom. The summed E-state index contributed by atoms with van der Waals surface area (Å²) in [5.74, 6) is 0. The van der Waals surface area contributed by atoms with E-state index in [1.165, 1.54) is 0 Å². The summed E-state index contributed by atoms with van der Waals surface area (Å²) in [6, 6.07) is 5.58. The molecule has 3 rings (SSSR count). The molecule has 1 fully saturated rings. The molecule has 1 N–H and O–H groups in total. The quantitative estimate of drug-likeness (QED) is 0.900. The lowest BCUT2D eigenvalue weighted by Crippen LogP contribution is -2.40. The van der Waals surface area contributed by atoms with Crippen molar-refractivity contribution < 1.29 is 8.42 Å². The predicted octanol–water partition coefficient (Wildman–Crippen LogP) is 2.71. The average molecular weight is 351 g/mol. The van der Waals surface area contributed by atoms with E-state index in [2.05, 4.69) is 14.6 Å². The molecule has 1 aromatic heterocycles. The molecule has 0 amide bonds. The van der Waals surface area contributed by atoms with Gasteiger partial charge in [-0.05, 0) is 38.3 Å². The summed E-state index contributed by atoms with van der Waals surface area (Å²) in [7, 11) is -3.48. The number of anilines is 1. The van der Waals surface area contributed by atoms with E-state index in [1.807, 2.05) is 31.4 Å². The minimum absolute atomic E-state index is 0.168. The standard InChI is InChI=1S/C16H21N3O2S2/c1-12-5-6-15(13(2)10-12)23(20,21)18-11-14-4-3-8-19(14)16-17-7-9-22-16/h5-7,9-10,14,18H,3-4,8,11H2,1-2H3. The summed E-state index contributed by atoms with van der Waals surface area (Å²) in [4.78, 5) is 6.91. The van der Waals surface area contributed by atoms with Gasteiger partial charge in [-0.25, -0.2) is 18.1 Å². The molecular formula is C16H21N3O2S2. The van der Waals surface area contributed by atoms with E-state index in [1.54, 1.807) is 23.6 Å². The molecule has 124 valence electrons. The van der Waals surface area contributed by atoms with E-state index in [-0.39, 0.29) is 6.04 Å². The van der Waals surface area contributed by atoms with Gasteiger partial charge in [-0.3, -0.25) is 0 Å². The van der Waals surface area contributed by atoms with Gasteiger partial charge in [-0.15, -0.1) is 11.3 Å². The number of rotatable bonds is 5. The molecule has 2 aromatic rings. The summed E-state index contributed by atoms with van der Waals surface area (Å²) in [5, 5.41) is 2.92. The third-order valence-electron chi connectivity index (χ3n) is 4.17. The zero-order valence-corrected chi connectivity index (χ0v) is 15.0. The van der Waals surface area contributed by atoms with Crippen LogP contribution in [0.15, 0.2) is 34.7 Å². The largest absolute Gasteiger partial charge is 0.344 e. The third-order valence-corrected chi connectivity index (χ3v) is 6.56. The fourth-order valence-electron chi connectivity index (χ4n) is 3.04. The van der Waals surface area contributed by atoms with Gasteiger partial charge in [0.2, 0.25) is 10.0 Å². The van der Waals surface area contributed by atoms with Gasteiger partial charge in [0.25, 0.3) is 0 Å². The third kappa shape index (κ3) is 3.57. The second kappa shape index (κ2) is 6.59. The number of hydrogen-bond acceptors (Lipinski definition) is 5. The fourth-order valence-corrected chi connectivity index (χ4v) is 5.08.